The molecule has 0 atom stereocenters. The molecule has 10 nitrogen and oxygen atoms in total. The zero-order chi connectivity index (χ0) is 20.4. The molecule has 2 aromatic heterocycles. The highest BCUT2D eigenvalue weighted by atomic mass is 16.4. The lowest BCUT2D eigenvalue weighted by atomic mass is 10.2. The van der Waals surface area contributed by atoms with Crippen molar-refractivity contribution < 1.29 is 19.1 Å². The van der Waals surface area contributed by atoms with Crippen molar-refractivity contribution in [3.8, 4) is 0 Å². The number of imidazole rings is 1. The molecule has 0 fully saturated rings. The number of anilines is 2. The van der Waals surface area contributed by atoms with E-state index in [0.29, 0.717) is 28.6 Å². The number of benzene rings is 2. The second kappa shape index (κ2) is 7.50. The third-order valence-electron chi connectivity index (χ3n) is 4.34. The maximum absolute atomic E-state index is 12.3. The highest BCUT2D eigenvalue weighted by molar-refractivity contribution is 5.97. The van der Waals surface area contributed by atoms with Crippen LogP contribution in [0.5, 0.6) is 0 Å². The first kappa shape index (κ1) is 18.3. The summed E-state index contributed by atoms with van der Waals surface area (Å²) in [5.41, 5.74) is 3.30. The Morgan fingerprint density at radius 2 is 1.86 bits per heavy atom. The number of carbonyl (C=O) groups excluding carboxylic acids is 1. The van der Waals surface area contributed by atoms with Crippen molar-refractivity contribution in [3.63, 3.8) is 0 Å². The highest BCUT2D eigenvalue weighted by Gasteiger charge is 2.14. The molecule has 0 saturated heterocycles. The monoisotopic (exact) mass is 394 g/mol. The Kier molecular flexibility index (Phi) is 4.73. The molecule has 0 saturated carbocycles. The van der Waals surface area contributed by atoms with Crippen molar-refractivity contribution in [2.24, 2.45) is 7.05 Å². The molecule has 29 heavy (non-hydrogen) atoms. The molecule has 2 heterocycles. The number of hydrogen-bond donors (Lipinski definition) is 4. The average Bonchev–Trinajstić information content (AvgIpc) is 3.25. The van der Waals surface area contributed by atoms with E-state index in [1.165, 1.54) is 0 Å². The van der Waals surface area contributed by atoms with E-state index in [1.54, 1.807) is 18.2 Å². The number of fused-ring (bicyclic) bond motifs is 2. The van der Waals surface area contributed by atoms with Crippen molar-refractivity contribution in [2.45, 2.75) is 0 Å². The van der Waals surface area contributed by atoms with Gasteiger partial charge in [-0.05, 0) is 30.3 Å². The van der Waals surface area contributed by atoms with Gasteiger partial charge < -0.3 is 24.7 Å². The molecule has 0 bridgehead atoms. The first-order chi connectivity index (χ1) is 14.0. The quantitative estimate of drug-likeness (QED) is 0.369. The molecular formula is C19H18N6O4. The maximum Gasteiger partial charge on any atom is 0.404 e. The molecule has 0 aliphatic rings. The van der Waals surface area contributed by atoms with Gasteiger partial charge in [-0.15, -0.1) is 0 Å². The van der Waals surface area contributed by atoms with Crippen LogP contribution in [0.3, 0.4) is 0 Å². The second-order valence-corrected chi connectivity index (χ2v) is 6.30. The minimum absolute atomic E-state index is 0.130. The van der Waals surface area contributed by atoms with E-state index in [4.69, 9.17) is 9.52 Å². The van der Waals surface area contributed by atoms with Crippen molar-refractivity contribution in [2.75, 3.05) is 18.4 Å². The largest absolute Gasteiger partial charge is 0.465 e. The van der Waals surface area contributed by atoms with Crippen LogP contribution in [0.2, 0.25) is 0 Å². The highest BCUT2D eigenvalue weighted by Crippen LogP contribution is 2.24. The summed E-state index contributed by atoms with van der Waals surface area (Å²) in [5.74, 6) is 0.216. The Balaban J connectivity index is 1.52. The summed E-state index contributed by atoms with van der Waals surface area (Å²) in [6.07, 6.45) is -1.13. The fraction of sp³-hybridized carbons (Fsp3) is 0.158. The number of carbonyl (C=O) groups is 2. The third-order valence-corrected chi connectivity index (χ3v) is 4.34. The van der Waals surface area contributed by atoms with Gasteiger partial charge in [0.25, 0.3) is 5.91 Å². The molecule has 10 heteroatoms. The normalized spacial score (nSPS) is 10.9. The molecule has 0 spiro atoms. The molecule has 2 amide bonds. The fourth-order valence-electron chi connectivity index (χ4n) is 2.92. The predicted molar refractivity (Wildman–Crippen MR) is 106 cm³/mol. The molecule has 0 aliphatic carbocycles. The van der Waals surface area contributed by atoms with Crippen LogP contribution in [0.15, 0.2) is 46.9 Å². The number of aromatic nitrogens is 3. The molecular weight excluding hydrogens is 376 g/mol. The molecule has 0 unspecified atom stereocenters. The zero-order valence-electron chi connectivity index (χ0n) is 15.5. The number of aryl methyl sites for hydroxylation is 1. The summed E-state index contributed by atoms with van der Waals surface area (Å²) in [6.45, 7) is 0.321. The number of nitrogens with one attached hydrogen (secondary N) is 3. The fourth-order valence-corrected chi connectivity index (χ4v) is 2.92. The molecule has 148 valence electrons. The Morgan fingerprint density at radius 3 is 2.66 bits per heavy atom. The van der Waals surface area contributed by atoms with E-state index >= 15 is 0 Å². The predicted octanol–water partition coefficient (Wildman–Crippen LogP) is 2.46. The average molecular weight is 394 g/mol. The first-order valence-corrected chi connectivity index (χ1v) is 8.85. The van der Waals surface area contributed by atoms with E-state index < -0.39 is 6.09 Å². The second-order valence-electron chi connectivity index (χ2n) is 6.30. The van der Waals surface area contributed by atoms with E-state index in [1.807, 2.05) is 35.9 Å². The van der Waals surface area contributed by atoms with E-state index in [9.17, 15) is 9.59 Å². The van der Waals surface area contributed by atoms with Gasteiger partial charge in [0.1, 0.15) is 5.52 Å². The standard InChI is InChI=1S/C19H18N6O4/c1-25-14-7-6-11(16(26)20-8-9-21-19(27)28)10-13(14)22-17(25)24-18-23-12-4-2-3-5-15(12)29-18/h2-7,10,21H,8-9H2,1H3,(H,20,26)(H,27,28)(H,22,23,24). The summed E-state index contributed by atoms with van der Waals surface area (Å²) >= 11 is 0. The topological polar surface area (TPSA) is 134 Å². The van der Waals surface area contributed by atoms with Crippen LogP contribution in [0.1, 0.15) is 10.4 Å². The van der Waals surface area contributed by atoms with Crippen LogP contribution < -0.4 is 16.0 Å². The van der Waals surface area contributed by atoms with Crippen molar-refractivity contribution in [1.82, 2.24) is 25.2 Å². The Hall–Kier alpha value is -4.08. The molecule has 2 aromatic carbocycles. The molecule has 0 radical (unpaired) electrons. The minimum Gasteiger partial charge on any atom is -0.465 e. The van der Waals surface area contributed by atoms with Gasteiger partial charge in [0.05, 0.1) is 11.0 Å². The van der Waals surface area contributed by atoms with Crippen LogP contribution >= 0.6 is 0 Å². The van der Waals surface area contributed by atoms with Gasteiger partial charge in [0.2, 0.25) is 5.95 Å². The van der Waals surface area contributed by atoms with Crippen molar-refractivity contribution >= 4 is 46.1 Å². The molecule has 4 rings (SSSR count). The zero-order valence-corrected chi connectivity index (χ0v) is 15.5. The van der Waals surface area contributed by atoms with Gasteiger partial charge in [-0.1, -0.05) is 12.1 Å². The van der Waals surface area contributed by atoms with Gasteiger partial charge in [-0.3, -0.25) is 10.1 Å². The number of hydrogen-bond acceptors (Lipinski definition) is 6. The number of para-hydroxylation sites is 2. The lowest BCUT2D eigenvalue weighted by Crippen LogP contribution is -2.33. The van der Waals surface area contributed by atoms with Gasteiger partial charge in [-0.25, -0.2) is 9.78 Å². The van der Waals surface area contributed by atoms with Crippen LogP contribution in [-0.4, -0.2) is 44.7 Å². The minimum atomic E-state index is -1.13. The summed E-state index contributed by atoms with van der Waals surface area (Å²) < 4.78 is 7.51. The van der Waals surface area contributed by atoms with Gasteiger partial charge in [0, 0.05) is 25.7 Å². The van der Waals surface area contributed by atoms with E-state index in [2.05, 4.69) is 25.9 Å². The molecule has 4 N–H and O–H groups in total. The van der Waals surface area contributed by atoms with Crippen molar-refractivity contribution in [3.05, 3.63) is 48.0 Å². The van der Waals surface area contributed by atoms with Crippen LogP contribution in [-0.2, 0) is 7.05 Å². The number of nitrogens with zero attached hydrogens (tertiary/aromatic N) is 3. The Morgan fingerprint density at radius 1 is 1.07 bits per heavy atom. The van der Waals surface area contributed by atoms with E-state index in [-0.39, 0.29) is 19.0 Å². The van der Waals surface area contributed by atoms with Crippen LogP contribution in [0.25, 0.3) is 22.1 Å². The summed E-state index contributed by atoms with van der Waals surface area (Å²) in [6, 6.07) is 12.9. The van der Waals surface area contributed by atoms with Gasteiger partial charge >= 0.3 is 12.1 Å². The number of oxazole rings is 1. The molecule has 0 aliphatic heterocycles. The van der Waals surface area contributed by atoms with Crippen LogP contribution in [0, 0.1) is 0 Å². The third kappa shape index (κ3) is 3.81. The van der Waals surface area contributed by atoms with E-state index in [0.717, 1.165) is 11.0 Å². The summed E-state index contributed by atoms with van der Waals surface area (Å²) in [7, 11) is 1.84. The van der Waals surface area contributed by atoms with Crippen molar-refractivity contribution in [1.29, 1.82) is 0 Å². The number of amides is 2. The SMILES string of the molecule is Cn1c(Nc2nc3ccccc3o2)nc2cc(C(=O)NCCNC(=O)O)ccc21. The number of rotatable bonds is 6. The maximum atomic E-state index is 12.3. The number of carboxylic acid groups (broad SMARTS) is 1. The summed E-state index contributed by atoms with van der Waals surface area (Å²) in [5, 5.41) is 16.4. The lowest BCUT2D eigenvalue weighted by Gasteiger charge is -2.05. The Bertz CT molecular complexity index is 1180. The Labute approximate surface area is 164 Å². The lowest BCUT2D eigenvalue weighted by molar-refractivity contribution is 0.0953. The van der Waals surface area contributed by atoms with Crippen LogP contribution in [0.4, 0.5) is 16.8 Å². The van der Waals surface area contributed by atoms with Gasteiger partial charge in [0.15, 0.2) is 5.58 Å². The first-order valence-electron chi connectivity index (χ1n) is 8.85. The van der Waals surface area contributed by atoms with Gasteiger partial charge in [-0.2, -0.15) is 4.98 Å². The smallest absolute Gasteiger partial charge is 0.404 e. The summed E-state index contributed by atoms with van der Waals surface area (Å²) in [4.78, 5) is 31.6. The molecule has 4 aromatic rings.